The zero-order valence-corrected chi connectivity index (χ0v) is 13.8. The van der Waals surface area contributed by atoms with Gasteiger partial charge >= 0.3 is 0 Å². The lowest BCUT2D eigenvalue weighted by Crippen LogP contribution is -2.14. The molecular formula is C17H18N6O. The smallest absolute Gasteiger partial charge is 0.255 e. The van der Waals surface area contributed by atoms with E-state index in [4.69, 9.17) is 0 Å². The number of amides is 1. The van der Waals surface area contributed by atoms with E-state index in [1.54, 1.807) is 35.4 Å². The molecule has 24 heavy (non-hydrogen) atoms. The molecule has 1 N–H and O–H groups in total. The minimum Gasteiger partial charge on any atom is -0.378 e. The molecule has 0 saturated carbocycles. The molecule has 7 heteroatoms. The molecule has 0 bridgehead atoms. The first-order valence-electron chi connectivity index (χ1n) is 7.46. The van der Waals surface area contributed by atoms with Crippen LogP contribution in [0.5, 0.6) is 0 Å². The summed E-state index contributed by atoms with van der Waals surface area (Å²) >= 11 is 0. The maximum atomic E-state index is 12.4. The molecule has 0 unspecified atom stereocenters. The molecule has 0 saturated heterocycles. The maximum Gasteiger partial charge on any atom is 0.255 e. The van der Waals surface area contributed by atoms with Gasteiger partial charge in [0.1, 0.15) is 5.82 Å². The Bertz CT molecular complexity index is 854. The number of aryl methyl sites for hydroxylation is 1. The van der Waals surface area contributed by atoms with Gasteiger partial charge in [-0.15, -0.1) is 0 Å². The molecule has 1 amide bonds. The Morgan fingerprint density at radius 3 is 2.54 bits per heavy atom. The maximum absolute atomic E-state index is 12.4. The minimum atomic E-state index is -0.200. The van der Waals surface area contributed by atoms with Gasteiger partial charge in [-0.05, 0) is 25.1 Å². The van der Waals surface area contributed by atoms with Gasteiger partial charge < -0.3 is 10.2 Å². The van der Waals surface area contributed by atoms with Gasteiger partial charge in [0, 0.05) is 37.7 Å². The van der Waals surface area contributed by atoms with Gasteiger partial charge in [0.15, 0.2) is 0 Å². The monoisotopic (exact) mass is 322 g/mol. The Labute approximate surface area is 140 Å². The van der Waals surface area contributed by atoms with Crippen LogP contribution in [0.1, 0.15) is 16.2 Å². The van der Waals surface area contributed by atoms with E-state index in [-0.39, 0.29) is 5.91 Å². The number of nitrogens with one attached hydrogen (secondary N) is 1. The summed E-state index contributed by atoms with van der Waals surface area (Å²) in [6.45, 7) is 1.87. The highest BCUT2D eigenvalue weighted by molar-refractivity contribution is 6.04. The van der Waals surface area contributed by atoms with Crippen molar-refractivity contribution in [2.75, 3.05) is 24.3 Å². The second-order valence-electron chi connectivity index (χ2n) is 5.52. The van der Waals surface area contributed by atoms with Crippen molar-refractivity contribution in [2.24, 2.45) is 0 Å². The number of carbonyl (C=O) groups excluding carboxylic acids is 1. The molecular weight excluding hydrogens is 304 g/mol. The third-order valence-electron chi connectivity index (χ3n) is 3.56. The average molecular weight is 322 g/mol. The zero-order chi connectivity index (χ0) is 17.1. The van der Waals surface area contributed by atoms with Crippen molar-refractivity contribution in [3.8, 4) is 5.95 Å². The Kier molecular flexibility index (Phi) is 4.24. The second kappa shape index (κ2) is 6.49. The summed E-state index contributed by atoms with van der Waals surface area (Å²) in [5.41, 5.74) is 2.08. The normalized spacial score (nSPS) is 10.5. The molecule has 0 spiro atoms. The summed E-state index contributed by atoms with van der Waals surface area (Å²) in [6.07, 6.45) is 6.63. The van der Waals surface area contributed by atoms with E-state index in [9.17, 15) is 4.79 Å². The Morgan fingerprint density at radius 2 is 1.92 bits per heavy atom. The van der Waals surface area contributed by atoms with Crippen LogP contribution in [0.3, 0.4) is 0 Å². The van der Waals surface area contributed by atoms with E-state index < -0.39 is 0 Å². The van der Waals surface area contributed by atoms with E-state index in [1.165, 1.54) is 0 Å². The van der Waals surface area contributed by atoms with Crippen LogP contribution >= 0.6 is 0 Å². The molecule has 1 aromatic carbocycles. The summed E-state index contributed by atoms with van der Waals surface area (Å²) in [5, 5.41) is 2.80. The lowest BCUT2D eigenvalue weighted by molar-refractivity contribution is 0.102. The lowest BCUT2D eigenvalue weighted by atomic mass is 10.2. The van der Waals surface area contributed by atoms with Crippen LogP contribution in [0.2, 0.25) is 0 Å². The molecule has 2 aromatic heterocycles. The number of aromatic nitrogens is 4. The molecule has 0 atom stereocenters. The number of benzene rings is 1. The zero-order valence-electron chi connectivity index (χ0n) is 13.8. The topological polar surface area (TPSA) is 75.9 Å². The number of anilines is 2. The Morgan fingerprint density at radius 1 is 1.17 bits per heavy atom. The number of hydrogen-bond acceptors (Lipinski definition) is 5. The lowest BCUT2D eigenvalue weighted by Gasteiger charge is -2.13. The summed E-state index contributed by atoms with van der Waals surface area (Å²) in [7, 11) is 3.86. The summed E-state index contributed by atoms with van der Waals surface area (Å²) in [6, 6.07) is 7.40. The van der Waals surface area contributed by atoms with Crippen LogP contribution in [0.15, 0.2) is 49.1 Å². The largest absolute Gasteiger partial charge is 0.378 e. The molecule has 0 aliphatic carbocycles. The van der Waals surface area contributed by atoms with Crippen molar-refractivity contribution in [1.29, 1.82) is 0 Å². The van der Waals surface area contributed by atoms with Gasteiger partial charge in [0.05, 0.1) is 18.1 Å². The van der Waals surface area contributed by atoms with Crippen LogP contribution < -0.4 is 10.2 Å². The third kappa shape index (κ3) is 3.24. The average Bonchev–Trinajstić information content (AvgIpc) is 3.01. The Hall–Kier alpha value is -3.22. The van der Waals surface area contributed by atoms with Gasteiger partial charge in [0.25, 0.3) is 5.91 Å². The Balaban J connectivity index is 1.75. The molecule has 122 valence electrons. The van der Waals surface area contributed by atoms with Crippen molar-refractivity contribution in [3.63, 3.8) is 0 Å². The summed E-state index contributed by atoms with van der Waals surface area (Å²) in [5.74, 6) is 1.11. The highest BCUT2D eigenvalue weighted by atomic mass is 16.1. The van der Waals surface area contributed by atoms with E-state index >= 15 is 0 Å². The molecule has 0 aliphatic heterocycles. The third-order valence-corrected chi connectivity index (χ3v) is 3.56. The highest BCUT2D eigenvalue weighted by Gasteiger charge is 2.09. The van der Waals surface area contributed by atoms with Crippen molar-refractivity contribution in [1.82, 2.24) is 19.5 Å². The van der Waals surface area contributed by atoms with Gasteiger partial charge in [-0.1, -0.05) is 6.07 Å². The minimum absolute atomic E-state index is 0.200. The summed E-state index contributed by atoms with van der Waals surface area (Å²) < 4.78 is 1.77. The van der Waals surface area contributed by atoms with E-state index in [2.05, 4.69) is 20.3 Å². The van der Waals surface area contributed by atoms with E-state index in [0.29, 0.717) is 17.2 Å². The van der Waals surface area contributed by atoms with Crippen molar-refractivity contribution in [3.05, 3.63) is 60.4 Å². The van der Waals surface area contributed by atoms with Crippen LogP contribution in [-0.2, 0) is 0 Å². The number of rotatable bonds is 4. The number of carbonyl (C=O) groups is 1. The van der Waals surface area contributed by atoms with Gasteiger partial charge in [-0.3, -0.25) is 9.36 Å². The first kappa shape index (κ1) is 15.7. The van der Waals surface area contributed by atoms with Crippen LogP contribution in [0, 0.1) is 6.92 Å². The quantitative estimate of drug-likeness (QED) is 0.797. The van der Waals surface area contributed by atoms with E-state index in [1.807, 2.05) is 44.1 Å². The fourth-order valence-corrected chi connectivity index (χ4v) is 2.23. The first-order chi connectivity index (χ1) is 11.5. The first-order valence-corrected chi connectivity index (χ1v) is 7.46. The molecule has 2 heterocycles. The molecule has 0 fully saturated rings. The van der Waals surface area contributed by atoms with Crippen molar-refractivity contribution < 1.29 is 4.79 Å². The van der Waals surface area contributed by atoms with Crippen molar-refractivity contribution in [2.45, 2.75) is 6.92 Å². The fourth-order valence-electron chi connectivity index (χ4n) is 2.23. The predicted octanol–water partition coefficient (Wildman–Crippen LogP) is 2.29. The second-order valence-corrected chi connectivity index (χ2v) is 5.52. The van der Waals surface area contributed by atoms with E-state index in [0.717, 1.165) is 11.5 Å². The number of nitrogens with zero attached hydrogens (tertiary/aromatic N) is 5. The van der Waals surface area contributed by atoms with Crippen molar-refractivity contribution >= 4 is 17.3 Å². The van der Waals surface area contributed by atoms with Crippen LogP contribution in [0.4, 0.5) is 11.4 Å². The van der Waals surface area contributed by atoms with Gasteiger partial charge in [-0.2, -0.15) is 0 Å². The van der Waals surface area contributed by atoms with Crippen LogP contribution in [0.25, 0.3) is 5.95 Å². The molecule has 3 rings (SSSR count). The fraction of sp³-hybridized carbons (Fsp3) is 0.176. The SMILES string of the molecule is Cc1nccn1-c1ncc(NC(=O)c2cccc(N(C)C)c2)cn1. The number of hydrogen-bond donors (Lipinski definition) is 1. The molecule has 0 aliphatic rings. The molecule has 0 radical (unpaired) electrons. The summed E-state index contributed by atoms with van der Waals surface area (Å²) in [4.78, 5) is 27.0. The van der Waals surface area contributed by atoms with Gasteiger partial charge in [-0.25, -0.2) is 15.0 Å². The highest BCUT2D eigenvalue weighted by Crippen LogP contribution is 2.15. The molecule has 7 nitrogen and oxygen atoms in total. The molecule has 3 aromatic rings. The van der Waals surface area contributed by atoms with Crippen LogP contribution in [-0.4, -0.2) is 39.5 Å². The predicted molar refractivity (Wildman–Crippen MR) is 92.6 cm³/mol. The number of imidazole rings is 1. The van der Waals surface area contributed by atoms with Gasteiger partial charge in [0.2, 0.25) is 5.95 Å². The standard InChI is InChI=1S/C17H18N6O/c1-12-18-7-8-23(12)17-19-10-14(11-20-17)21-16(24)13-5-4-6-15(9-13)22(2)3/h4-11H,1-3H3,(H,21,24).